The molecule has 1 aromatic carbocycles. The van der Waals surface area contributed by atoms with Crippen LogP contribution in [-0.4, -0.2) is 24.4 Å². The first kappa shape index (κ1) is 15.2. The number of rotatable bonds is 4. The van der Waals surface area contributed by atoms with Gasteiger partial charge in [0.05, 0.1) is 18.3 Å². The highest BCUT2D eigenvalue weighted by molar-refractivity contribution is 5.54. The summed E-state index contributed by atoms with van der Waals surface area (Å²) in [7, 11) is 0. The average molecular weight is 277 g/mol. The lowest BCUT2D eigenvalue weighted by atomic mass is 9.99. The Balaban J connectivity index is 2.02. The van der Waals surface area contributed by atoms with E-state index in [1.807, 2.05) is 19.9 Å². The minimum absolute atomic E-state index is 0.213. The zero-order valence-electron chi connectivity index (χ0n) is 13.3. The van der Waals surface area contributed by atoms with Gasteiger partial charge in [-0.2, -0.15) is 0 Å². The van der Waals surface area contributed by atoms with Crippen molar-refractivity contribution in [2.75, 3.05) is 5.32 Å². The van der Waals surface area contributed by atoms with E-state index in [2.05, 4.69) is 38.2 Å². The predicted octanol–water partition coefficient (Wildman–Crippen LogP) is 4.15. The Bertz CT molecular complexity index is 435. The topological polar surface area (TPSA) is 30.5 Å². The number of aryl methyl sites for hydroxylation is 1. The third kappa shape index (κ3) is 4.14. The van der Waals surface area contributed by atoms with Crippen LogP contribution in [0.3, 0.4) is 0 Å². The summed E-state index contributed by atoms with van der Waals surface area (Å²) in [4.78, 5) is 0. The van der Waals surface area contributed by atoms with E-state index in [0.29, 0.717) is 18.2 Å². The molecular formula is C17H27NO2. The van der Waals surface area contributed by atoms with Gasteiger partial charge in [0.1, 0.15) is 5.75 Å². The SMILES string of the molecule is Cc1cc(OC(C)C)ccc1NC1CC(C)OC(C)C1. The fraction of sp³-hybridized carbons (Fsp3) is 0.647. The lowest BCUT2D eigenvalue weighted by Crippen LogP contribution is -2.37. The lowest BCUT2D eigenvalue weighted by Gasteiger charge is -2.33. The van der Waals surface area contributed by atoms with Gasteiger partial charge in [-0.05, 0) is 71.2 Å². The first-order valence-electron chi connectivity index (χ1n) is 7.63. The van der Waals surface area contributed by atoms with Gasteiger partial charge in [0, 0.05) is 11.7 Å². The smallest absolute Gasteiger partial charge is 0.120 e. The van der Waals surface area contributed by atoms with Gasteiger partial charge in [-0.15, -0.1) is 0 Å². The highest BCUT2D eigenvalue weighted by Gasteiger charge is 2.24. The van der Waals surface area contributed by atoms with E-state index in [1.54, 1.807) is 0 Å². The largest absolute Gasteiger partial charge is 0.491 e. The Morgan fingerprint density at radius 3 is 2.40 bits per heavy atom. The van der Waals surface area contributed by atoms with E-state index in [9.17, 15) is 0 Å². The highest BCUT2D eigenvalue weighted by Crippen LogP contribution is 2.27. The van der Waals surface area contributed by atoms with Gasteiger partial charge >= 0.3 is 0 Å². The minimum Gasteiger partial charge on any atom is -0.491 e. The maximum atomic E-state index is 5.79. The number of hydrogen-bond acceptors (Lipinski definition) is 3. The summed E-state index contributed by atoms with van der Waals surface area (Å²) in [5.74, 6) is 0.941. The molecule has 0 aliphatic carbocycles. The molecule has 0 amide bonds. The Hall–Kier alpha value is -1.22. The van der Waals surface area contributed by atoms with Gasteiger partial charge in [-0.1, -0.05) is 0 Å². The average Bonchev–Trinajstić information content (AvgIpc) is 2.30. The van der Waals surface area contributed by atoms with Crippen molar-refractivity contribution < 1.29 is 9.47 Å². The fourth-order valence-electron chi connectivity index (χ4n) is 2.89. The summed E-state index contributed by atoms with van der Waals surface area (Å²) in [6.07, 6.45) is 3.01. The molecule has 2 unspecified atom stereocenters. The number of nitrogens with one attached hydrogen (secondary N) is 1. The van der Waals surface area contributed by atoms with Crippen LogP contribution >= 0.6 is 0 Å². The van der Waals surface area contributed by atoms with Crippen LogP contribution < -0.4 is 10.1 Å². The molecule has 0 aromatic heterocycles. The van der Waals surface area contributed by atoms with Crippen LogP contribution in [0, 0.1) is 6.92 Å². The van der Waals surface area contributed by atoms with E-state index in [1.165, 1.54) is 11.3 Å². The molecule has 1 N–H and O–H groups in total. The second-order valence-electron chi connectivity index (χ2n) is 6.21. The van der Waals surface area contributed by atoms with Crippen molar-refractivity contribution in [3.8, 4) is 5.75 Å². The van der Waals surface area contributed by atoms with Crippen molar-refractivity contribution in [3.05, 3.63) is 23.8 Å². The molecule has 1 aliphatic rings. The van der Waals surface area contributed by atoms with Crippen LogP contribution in [0.5, 0.6) is 5.75 Å². The zero-order valence-corrected chi connectivity index (χ0v) is 13.3. The molecule has 2 rings (SSSR count). The molecule has 0 radical (unpaired) electrons. The van der Waals surface area contributed by atoms with Gasteiger partial charge in [0.25, 0.3) is 0 Å². The van der Waals surface area contributed by atoms with E-state index >= 15 is 0 Å². The molecule has 3 nitrogen and oxygen atoms in total. The molecule has 1 aliphatic heterocycles. The number of benzene rings is 1. The molecule has 2 atom stereocenters. The first-order chi connectivity index (χ1) is 9.44. The third-order valence-electron chi connectivity index (χ3n) is 3.63. The Kier molecular flexibility index (Phi) is 4.92. The molecule has 1 aromatic rings. The van der Waals surface area contributed by atoms with Crippen molar-refractivity contribution in [1.29, 1.82) is 0 Å². The zero-order chi connectivity index (χ0) is 14.7. The van der Waals surface area contributed by atoms with Gasteiger partial charge in [0.15, 0.2) is 0 Å². The Morgan fingerprint density at radius 1 is 1.20 bits per heavy atom. The molecule has 112 valence electrons. The monoisotopic (exact) mass is 277 g/mol. The molecule has 0 bridgehead atoms. The summed E-state index contributed by atoms with van der Waals surface area (Å²) < 4.78 is 11.5. The quantitative estimate of drug-likeness (QED) is 0.896. The van der Waals surface area contributed by atoms with E-state index < -0.39 is 0 Å². The Labute approximate surface area is 122 Å². The maximum absolute atomic E-state index is 5.79. The predicted molar refractivity (Wildman–Crippen MR) is 83.6 cm³/mol. The van der Waals surface area contributed by atoms with Crippen molar-refractivity contribution >= 4 is 5.69 Å². The van der Waals surface area contributed by atoms with Crippen LogP contribution in [0.25, 0.3) is 0 Å². The van der Waals surface area contributed by atoms with E-state index in [4.69, 9.17) is 9.47 Å². The second-order valence-corrected chi connectivity index (χ2v) is 6.21. The van der Waals surface area contributed by atoms with Crippen LogP contribution in [0.2, 0.25) is 0 Å². The summed E-state index contributed by atoms with van der Waals surface area (Å²) in [5, 5.41) is 3.65. The van der Waals surface area contributed by atoms with Gasteiger partial charge in [-0.25, -0.2) is 0 Å². The molecular weight excluding hydrogens is 250 g/mol. The standard InChI is InChI=1S/C17H27NO2/c1-11(2)19-16-6-7-17(12(3)8-16)18-15-9-13(4)20-14(5)10-15/h6-8,11,13-15,18H,9-10H2,1-5H3. The van der Waals surface area contributed by atoms with Crippen LogP contribution in [0.4, 0.5) is 5.69 Å². The minimum atomic E-state index is 0.213. The van der Waals surface area contributed by atoms with Gasteiger partial charge < -0.3 is 14.8 Å². The van der Waals surface area contributed by atoms with Crippen LogP contribution in [-0.2, 0) is 4.74 Å². The molecule has 1 fully saturated rings. The molecule has 1 heterocycles. The van der Waals surface area contributed by atoms with E-state index in [0.717, 1.165) is 18.6 Å². The van der Waals surface area contributed by atoms with E-state index in [-0.39, 0.29) is 6.10 Å². The Morgan fingerprint density at radius 2 is 1.85 bits per heavy atom. The molecule has 0 spiro atoms. The van der Waals surface area contributed by atoms with Crippen molar-refractivity contribution in [3.63, 3.8) is 0 Å². The summed E-state index contributed by atoms with van der Waals surface area (Å²) in [6, 6.07) is 6.76. The molecule has 1 saturated heterocycles. The van der Waals surface area contributed by atoms with Crippen molar-refractivity contribution in [1.82, 2.24) is 0 Å². The first-order valence-corrected chi connectivity index (χ1v) is 7.63. The number of hydrogen-bond donors (Lipinski definition) is 1. The molecule has 20 heavy (non-hydrogen) atoms. The third-order valence-corrected chi connectivity index (χ3v) is 3.63. The van der Waals surface area contributed by atoms with Crippen LogP contribution in [0.1, 0.15) is 46.1 Å². The normalized spacial score (nSPS) is 26.6. The molecule has 3 heteroatoms. The van der Waals surface area contributed by atoms with Crippen molar-refractivity contribution in [2.24, 2.45) is 0 Å². The van der Waals surface area contributed by atoms with Crippen LogP contribution in [0.15, 0.2) is 18.2 Å². The second kappa shape index (κ2) is 6.49. The van der Waals surface area contributed by atoms with Crippen molar-refractivity contribution in [2.45, 2.75) is 71.8 Å². The highest BCUT2D eigenvalue weighted by atomic mass is 16.5. The summed E-state index contributed by atoms with van der Waals surface area (Å²) in [6.45, 7) is 10.5. The number of ether oxygens (including phenoxy) is 2. The maximum Gasteiger partial charge on any atom is 0.120 e. The summed E-state index contributed by atoms with van der Waals surface area (Å²) >= 11 is 0. The van der Waals surface area contributed by atoms with Gasteiger partial charge in [0.2, 0.25) is 0 Å². The number of anilines is 1. The van der Waals surface area contributed by atoms with Gasteiger partial charge in [-0.3, -0.25) is 0 Å². The molecule has 0 saturated carbocycles. The summed E-state index contributed by atoms with van der Waals surface area (Å²) in [5.41, 5.74) is 2.43. The lowest BCUT2D eigenvalue weighted by molar-refractivity contribution is -0.0337. The fourth-order valence-corrected chi connectivity index (χ4v) is 2.89.